The van der Waals surface area contributed by atoms with Gasteiger partial charge in [-0.1, -0.05) is 6.92 Å². The van der Waals surface area contributed by atoms with E-state index in [0.717, 1.165) is 17.1 Å². The second-order valence-electron chi connectivity index (χ2n) is 4.19. The van der Waals surface area contributed by atoms with E-state index in [9.17, 15) is 8.42 Å². The zero-order valence-electron chi connectivity index (χ0n) is 11.3. The Labute approximate surface area is 121 Å². The van der Waals surface area contributed by atoms with Crippen molar-refractivity contribution < 1.29 is 8.42 Å². The van der Waals surface area contributed by atoms with Crippen molar-refractivity contribution in [3.8, 4) is 0 Å². The van der Waals surface area contributed by atoms with E-state index >= 15 is 0 Å². The Balaban J connectivity index is 2.10. The molecule has 0 spiro atoms. The van der Waals surface area contributed by atoms with Gasteiger partial charge in [0.15, 0.2) is 5.03 Å². The molecule has 0 aliphatic carbocycles. The van der Waals surface area contributed by atoms with Gasteiger partial charge in [-0.2, -0.15) is 5.10 Å². The zero-order valence-corrected chi connectivity index (χ0v) is 12.9. The molecule has 0 amide bonds. The lowest BCUT2D eigenvalue weighted by Gasteiger charge is -2.07. The molecule has 0 bridgehead atoms. The Morgan fingerprint density at radius 1 is 1.40 bits per heavy atom. The molecule has 0 fully saturated rings. The summed E-state index contributed by atoms with van der Waals surface area (Å²) in [4.78, 5) is 5.00. The highest BCUT2D eigenvalue weighted by molar-refractivity contribution is 7.89. The molecule has 2 heterocycles. The molecule has 0 aliphatic heterocycles. The molecule has 2 aromatic heterocycles. The highest BCUT2D eigenvalue weighted by atomic mass is 32.2. The molecule has 0 unspecified atom stereocenters. The van der Waals surface area contributed by atoms with Crippen LogP contribution in [0.5, 0.6) is 0 Å². The first kappa shape index (κ1) is 15.1. The van der Waals surface area contributed by atoms with Crippen molar-refractivity contribution in [2.75, 3.05) is 6.54 Å². The van der Waals surface area contributed by atoms with Crippen molar-refractivity contribution in [1.29, 1.82) is 0 Å². The number of aromatic amines is 1. The van der Waals surface area contributed by atoms with Crippen LogP contribution in [-0.2, 0) is 23.1 Å². The number of rotatable bonds is 7. The second-order valence-corrected chi connectivity index (χ2v) is 6.83. The molecule has 2 aromatic rings. The van der Waals surface area contributed by atoms with Gasteiger partial charge in [0, 0.05) is 23.5 Å². The highest BCUT2D eigenvalue weighted by Gasteiger charge is 2.20. The molecular weight excluding hydrogens is 298 g/mol. The SMILES string of the molecule is CCNCc1cn[nH]c1S(=O)(=O)NCc1scnc1C. The Hall–Kier alpha value is -1.29. The molecule has 110 valence electrons. The molecule has 0 saturated carbocycles. The average molecular weight is 315 g/mol. The third kappa shape index (κ3) is 3.42. The minimum absolute atomic E-state index is 0.112. The lowest BCUT2D eigenvalue weighted by molar-refractivity contribution is 0.574. The Morgan fingerprint density at radius 2 is 2.20 bits per heavy atom. The number of nitrogens with one attached hydrogen (secondary N) is 3. The number of sulfonamides is 1. The van der Waals surface area contributed by atoms with E-state index in [4.69, 9.17) is 0 Å². The summed E-state index contributed by atoms with van der Waals surface area (Å²) in [5.74, 6) is 0. The van der Waals surface area contributed by atoms with E-state index in [0.29, 0.717) is 12.1 Å². The summed E-state index contributed by atoms with van der Waals surface area (Å²) in [6, 6.07) is 0. The predicted octanol–water partition coefficient (Wildman–Crippen LogP) is 0.763. The van der Waals surface area contributed by atoms with Gasteiger partial charge in [-0.05, 0) is 13.5 Å². The van der Waals surface area contributed by atoms with Gasteiger partial charge >= 0.3 is 0 Å². The number of hydrogen-bond acceptors (Lipinski definition) is 6. The fraction of sp³-hybridized carbons (Fsp3) is 0.455. The van der Waals surface area contributed by atoms with Crippen molar-refractivity contribution in [3.63, 3.8) is 0 Å². The molecule has 0 atom stereocenters. The van der Waals surface area contributed by atoms with E-state index < -0.39 is 10.0 Å². The minimum Gasteiger partial charge on any atom is -0.313 e. The Morgan fingerprint density at radius 3 is 2.85 bits per heavy atom. The van der Waals surface area contributed by atoms with Gasteiger partial charge < -0.3 is 5.32 Å². The third-order valence-corrected chi connectivity index (χ3v) is 5.13. The summed E-state index contributed by atoms with van der Waals surface area (Å²) >= 11 is 1.43. The van der Waals surface area contributed by atoms with Gasteiger partial charge in [0.2, 0.25) is 0 Å². The van der Waals surface area contributed by atoms with Crippen LogP contribution in [0.25, 0.3) is 0 Å². The van der Waals surface area contributed by atoms with Crippen molar-refractivity contribution in [2.24, 2.45) is 0 Å². The fourth-order valence-electron chi connectivity index (χ4n) is 1.65. The summed E-state index contributed by atoms with van der Waals surface area (Å²) < 4.78 is 27.1. The van der Waals surface area contributed by atoms with Crippen LogP contribution in [0.1, 0.15) is 23.1 Å². The predicted molar refractivity (Wildman–Crippen MR) is 76.8 cm³/mol. The monoisotopic (exact) mass is 315 g/mol. The van der Waals surface area contributed by atoms with Crippen LogP contribution in [0.15, 0.2) is 16.7 Å². The van der Waals surface area contributed by atoms with E-state index in [1.165, 1.54) is 17.5 Å². The van der Waals surface area contributed by atoms with Crippen LogP contribution in [0, 0.1) is 6.92 Å². The van der Waals surface area contributed by atoms with Crippen molar-refractivity contribution >= 4 is 21.4 Å². The molecular formula is C11H17N5O2S2. The zero-order chi connectivity index (χ0) is 14.6. The summed E-state index contributed by atoms with van der Waals surface area (Å²) in [6.45, 7) is 5.27. The molecule has 9 heteroatoms. The summed E-state index contributed by atoms with van der Waals surface area (Å²) in [5.41, 5.74) is 3.17. The van der Waals surface area contributed by atoms with Crippen LogP contribution >= 0.6 is 11.3 Å². The Kier molecular flexibility index (Phi) is 4.86. The van der Waals surface area contributed by atoms with Gasteiger partial charge in [-0.25, -0.2) is 18.1 Å². The van der Waals surface area contributed by atoms with Crippen molar-refractivity contribution in [1.82, 2.24) is 25.2 Å². The summed E-state index contributed by atoms with van der Waals surface area (Å²) in [6.07, 6.45) is 1.52. The summed E-state index contributed by atoms with van der Waals surface area (Å²) in [7, 11) is -3.60. The topological polar surface area (TPSA) is 99.8 Å². The highest BCUT2D eigenvalue weighted by Crippen LogP contribution is 2.15. The quantitative estimate of drug-likeness (QED) is 0.700. The minimum atomic E-state index is -3.60. The van der Waals surface area contributed by atoms with Gasteiger partial charge in [-0.15, -0.1) is 11.3 Å². The van der Waals surface area contributed by atoms with Crippen molar-refractivity contribution in [2.45, 2.75) is 32.0 Å². The molecule has 3 N–H and O–H groups in total. The van der Waals surface area contributed by atoms with Crippen LogP contribution in [0.4, 0.5) is 0 Å². The van der Waals surface area contributed by atoms with E-state index in [-0.39, 0.29) is 11.6 Å². The first-order valence-electron chi connectivity index (χ1n) is 6.16. The second kappa shape index (κ2) is 6.44. The first-order valence-corrected chi connectivity index (χ1v) is 8.52. The summed E-state index contributed by atoms with van der Waals surface area (Å²) in [5, 5.41) is 9.55. The number of aryl methyl sites for hydroxylation is 1. The van der Waals surface area contributed by atoms with Gasteiger partial charge in [0.1, 0.15) is 0 Å². The van der Waals surface area contributed by atoms with Gasteiger partial charge in [-0.3, -0.25) is 5.10 Å². The smallest absolute Gasteiger partial charge is 0.258 e. The van der Waals surface area contributed by atoms with Crippen LogP contribution in [-0.4, -0.2) is 30.1 Å². The van der Waals surface area contributed by atoms with E-state index in [1.807, 2.05) is 13.8 Å². The van der Waals surface area contributed by atoms with Crippen LogP contribution in [0.2, 0.25) is 0 Å². The van der Waals surface area contributed by atoms with E-state index in [2.05, 4.69) is 25.2 Å². The van der Waals surface area contributed by atoms with Crippen LogP contribution in [0.3, 0.4) is 0 Å². The van der Waals surface area contributed by atoms with Gasteiger partial charge in [0.05, 0.1) is 17.4 Å². The third-order valence-electron chi connectivity index (χ3n) is 2.78. The lowest BCUT2D eigenvalue weighted by Crippen LogP contribution is -2.25. The number of nitrogens with zero attached hydrogens (tertiary/aromatic N) is 2. The lowest BCUT2D eigenvalue weighted by atomic mass is 10.3. The van der Waals surface area contributed by atoms with Crippen molar-refractivity contribution in [3.05, 3.63) is 27.8 Å². The number of H-pyrrole nitrogens is 1. The maximum absolute atomic E-state index is 12.3. The Bertz CT molecular complexity index is 662. The molecule has 20 heavy (non-hydrogen) atoms. The molecule has 0 saturated heterocycles. The van der Waals surface area contributed by atoms with Crippen LogP contribution < -0.4 is 10.0 Å². The first-order chi connectivity index (χ1) is 9.54. The standard InChI is InChI=1S/C11H17N5O2S2/c1-3-12-4-9-5-14-16-11(9)20(17,18)15-6-10-8(2)13-7-19-10/h5,7,12,15H,3-4,6H2,1-2H3,(H,14,16). The molecule has 7 nitrogen and oxygen atoms in total. The maximum Gasteiger partial charge on any atom is 0.258 e. The van der Waals surface area contributed by atoms with Gasteiger partial charge in [0.25, 0.3) is 10.0 Å². The molecule has 0 radical (unpaired) electrons. The van der Waals surface area contributed by atoms with E-state index in [1.54, 1.807) is 5.51 Å². The largest absolute Gasteiger partial charge is 0.313 e. The number of thiazole rings is 1. The molecule has 0 aliphatic rings. The molecule has 0 aromatic carbocycles. The molecule has 2 rings (SSSR count). The normalized spacial score (nSPS) is 11.9. The fourth-order valence-corrected chi connectivity index (χ4v) is 3.58. The number of hydrogen-bond donors (Lipinski definition) is 3. The number of aromatic nitrogens is 3. The maximum atomic E-state index is 12.3. The average Bonchev–Trinajstić information content (AvgIpc) is 3.03.